The fourth-order valence-corrected chi connectivity index (χ4v) is 2.79. The van der Waals surface area contributed by atoms with Crippen molar-refractivity contribution in [3.05, 3.63) is 53.6 Å². The van der Waals surface area contributed by atoms with E-state index >= 15 is 0 Å². The molecule has 0 fully saturated rings. The van der Waals surface area contributed by atoms with Crippen molar-refractivity contribution >= 4 is 29.2 Å². The number of amides is 2. The van der Waals surface area contributed by atoms with Crippen molar-refractivity contribution in [2.75, 3.05) is 17.2 Å². The summed E-state index contributed by atoms with van der Waals surface area (Å²) in [6, 6.07) is 11.6. The summed E-state index contributed by atoms with van der Waals surface area (Å²) in [6.07, 6.45) is 2.01. The maximum Gasteiger partial charge on any atom is 0.335 e. The van der Waals surface area contributed by atoms with Crippen LogP contribution >= 0.6 is 0 Å². The van der Waals surface area contributed by atoms with Gasteiger partial charge in [0.15, 0.2) is 0 Å². The van der Waals surface area contributed by atoms with Crippen LogP contribution < -0.4 is 15.4 Å². The molecule has 3 N–H and O–H groups in total. The van der Waals surface area contributed by atoms with Gasteiger partial charge in [-0.25, -0.2) is 4.79 Å². The zero-order chi connectivity index (χ0) is 19.2. The smallest absolute Gasteiger partial charge is 0.335 e. The third-order valence-corrected chi connectivity index (χ3v) is 4.20. The van der Waals surface area contributed by atoms with Crippen LogP contribution in [-0.4, -0.2) is 29.5 Å². The molecule has 0 atom stereocenters. The van der Waals surface area contributed by atoms with Crippen molar-refractivity contribution in [2.24, 2.45) is 0 Å². The topological polar surface area (TPSA) is 105 Å². The average Bonchev–Trinajstić information content (AvgIpc) is 2.65. The molecule has 0 radical (unpaired) electrons. The molecule has 7 heteroatoms. The summed E-state index contributed by atoms with van der Waals surface area (Å²) in [4.78, 5) is 34.1. The highest BCUT2D eigenvalue weighted by molar-refractivity contribution is 5.94. The first kappa shape index (κ1) is 18.4. The van der Waals surface area contributed by atoms with Crippen molar-refractivity contribution in [3.8, 4) is 5.75 Å². The predicted molar refractivity (Wildman–Crippen MR) is 100 cm³/mol. The van der Waals surface area contributed by atoms with Crippen LogP contribution in [0, 0.1) is 0 Å². The molecule has 0 spiro atoms. The largest absolute Gasteiger partial charge is 0.494 e. The van der Waals surface area contributed by atoms with Crippen molar-refractivity contribution in [1.82, 2.24) is 0 Å². The lowest BCUT2D eigenvalue weighted by molar-refractivity contribution is -0.117. The number of carboxylic acids is 1. The minimum Gasteiger partial charge on any atom is -0.494 e. The van der Waals surface area contributed by atoms with Crippen LogP contribution in [0.2, 0.25) is 0 Å². The number of carbonyl (C=O) groups excluding carboxylic acids is 2. The summed E-state index contributed by atoms with van der Waals surface area (Å²) in [5.74, 6) is -0.418. The fourth-order valence-electron chi connectivity index (χ4n) is 2.79. The number of hydrogen-bond donors (Lipinski definition) is 3. The van der Waals surface area contributed by atoms with Crippen molar-refractivity contribution in [3.63, 3.8) is 0 Å². The van der Waals surface area contributed by atoms with Gasteiger partial charge in [-0.05, 0) is 60.9 Å². The molecule has 1 aliphatic heterocycles. The highest BCUT2D eigenvalue weighted by Crippen LogP contribution is 2.26. The maximum absolute atomic E-state index is 11.9. The molecule has 3 rings (SSSR count). The van der Waals surface area contributed by atoms with Gasteiger partial charge in [-0.3, -0.25) is 9.59 Å². The Labute approximate surface area is 156 Å². The summed E-state index contributed by atoms with van der Waals surface area (Å²) >= 11 is 0. The van der Waals surface area contributed by atoms with Crippen LogP contribution in [0.1, 0.15) is 35.2 Å². The van der Waals surface area contributed by atoms with Crippen LogP contribution in [0.4, 0.5) is 11.4 Å². The number of nitrogens with one attached hydrogen (secondary N) is 2. The van der Waals surface area contributed by atoms with Crippen LogP contribution in [-0.2, 0) is 16.0 Å². The first-order valence-electron chi connectivity index (χ1n) is 8.70. The van der Waals surface area contributed by atoms with E-state index < -0.39 is 5.97 Å². The van der Waals surface area contributed by atoms with Gasteiger partial charge in [-0.15, -0.1) is 0 Å². The first-order valence-corrected chi connectivity index (χ1v) is 8.70. The monoisotopic (exact) mass is 368 g/mol. The highest BCUT2D eigenvalue weighted by Gasteiger charge is 2.15. The van der Waals surface area contributed by atoms with Gasteiger partial charge in [0.2, 0.25) is 11.8 Å². The number of fused-ring (bicyclic) bond motifs is 1. The number of aryl methyl sites for hydroxylation is 1. The molecular formula is C20H20N2O5. The molecule has 0 aliphatic carbocycles. The summed E-state index contributed by atoms with van der Waals surface area (Å²) in [6.45, 7) is 0.399. The standard InChI is InChI=1S/C20H20N2O5/c23-18(21-15-6-3-13(4-7-15)20(25)26)2-1-11-27-16-8-9-17-14(12-16)5-10-19(24)22-17/h3-4,6-9,12H,1-2,5,10-11H2,(H,21,23)(H,22,24)(H,25,26). The van der Waals surface area contributed by atoms with E-state index in [1.54, 1.807) is 18.2 Å². The molecule has 27 heavy (non-hydrogen) atoms. The van der Waals surface area contributed by atoms with Gasteiger partial charge in [0.1, 0.15) is 5.75 Å². The normalized spacial score (nSPS) is 12.7. The number of rotatable bonds is 7. The zero-order valence-electron chi connectivity index (χ0n) is 14.7. The van der Waals surface area contributed by atoms with Gasteiger partial charge >= 0.3 is 5.97 Å². The number of aromatic carboxylic acids is 1. The van der Waals surface area contributed by atoms with Crippen LogP contribution in [0.3, 0.4) is 0 Å². The molecule has 2 aromatic carbocycles. The van der Waals surface area contributed by atoms with Gasteiger partial charge in [0.25, 0.3) is 0 Å². The Hall–Kier alpha value is -3.35. The van der Waals surface area contributed by atoms with E-state index in [0.717, 1.165) is 17.0 Å². The van der Waals surface area contributed by atoms with Gasteiger partial charge in [0.05, 0.1) is 12.2 Å². The minimum absolute atomic E-state index is 0.0276. The SMILES string of the molecule is O=C(CCCOc1ccc2c(c1)CCC(=O)N2)Nc1ccc(C(=O)O)cc1. The summed E-state index contributed by atoms with van der Waals surface area (Å²) in [7, 11) is 0. The van der Waals surface area contributed by atoms with E-state index in [0.29, 0.717) is 38.0 Å². The van der Waals surface area contributed by atoms with Crippen LogP contribution in [0.5, 0.6) is 5.75 Å². The van der Waals surface area contributed by atoms with E-state index in [1.807, 2.05) is 12.1 Å². The van der Waals surface area contributed by atoms with E-state index in [4.69, 9.17) is 9.84 Å². The van der Waals surface area contributed by atoms with E-state index in [1.165, 1.54) is 12.1 Å². The number of benzene rings is 2. The average molecular weight is 368 g/mol. The molecule has 2 aromatic rings. The van der Waals surface area contributed by atoms with E-state index in [2.05, 4.69) is 10.6 Å². The number of ether oxygens (including phenoxy) is 1. The van der Waals surface area contributed by atoms with Gasteiger partial charge in [-0.1, -0.05) is 0 Å². The summed E-state index contributed by atoms with van der Waals surface area (Å²) < 4.78 is 5.68. The summed E-state index contributed by atoms with van der Waals surface area (Å²) in [5, 5.41) is 14.4. The lowest BCUT2D eigenvalue weighted by Crippen LogP contribution is -2.18. The van der Waals surface area contributed by atoms with Gasteiger partial charge < -0.3 is 20.5 Å². The highest BCUT2D eigenvalue weighted by atomic mass is 16.5. The number of carbonyl (C=O) groups is 3. The number of carboxylic acid groups (broad SMARTS) is 1. The quantitative estimate of drug-likeness (QED) is 0.652. The van der Waals surface area contributed by atoms with E-state index in [-0.39, 0.29) is 17.4 Å². The minimum atomic E-state index is -1.01. The molecule has 1 heterocycles. The zero-order valence-corrected chi connectivity index (χ0v) is 14.7. The van der Waals surface area contributed by atoms with Crippen LogP contribution in [0.25, 0.3) is 0 Å². The number of anilines is 2. The first-order chi connectivity index (χ1) is 13.0. The second kappa shape index (κ2) is 8.35. The Morgan fingerprint density at radius 3 is 2.63 bits per heavy atom. The Bertz CT molecular complexity index is 861. The molecule has 140 valence electrons. The van der Waals surface area contributed by atoms with Crippen molar-refractivity contribution in [1.29, 1.82) is 0 Å². The third-order valence-electron chi connectivity index (χ3n) is 4.20. The second-order valence-corrected chi connectivity index (χ2v) is 6.25. The lowest BCUT2D eigenvalue weighted by atomic mass is 10.0. The Morgan fingerprint density at radius 1 is 1.11 bits per heavy atom. The maximum atomic E-state index is 11.9. The molecule has 0 saturated heterocycles. The predicted octanol–water partition coefficient (Wildman–Crippen LogP) is 3.07. The fraction of sp³-hybridized carbons (Fsp3) is 0.250. The molecule has 0 saturated carbocycles. The summed E-state index contributed by atoms with van der Waals surface area (Å²) in [5.41, 5.74) is 2.61. The van der Waals surface area contributed by atoms with Crippen molar-refractivity contribution < 1.29 is 24.2 Å². The Kier molecular flexibility index (Phi) is 5.71. The Balaban J connectivity index is 1.41. The van der Waals surface area contributed by atoms with Gasteiger partial charge in [-0.2, -0.15) is 0 Å². The molecule has 7 nitrogen and oxygen atoms in total. The third kappa shape index (κ3) is 5.07. The second-order valence-electron chi connectivity index (χ2n) is 6.25. The molecule has 2 amide bonds. The molecular weight excluding hydrogens is 348 g/mol. The molecule has 1 aliphatic rings. The van der Waals surface area contributed by atoms with E-state index in [9.17, 15) is 14.4 Å². The molecule has 0 aromatic heterocycles. The molecule has 0 bridgehead atoms. The molecule has 0 unspecified atom stereocenters. The number of hydrogen-bond acceptors (Lipinski definition) is 4. The lowest BCUT2D eigenvalue weighted by Gasteiger charge is -2.17. The van der Waals surface area contributed by atoms with Crippen molar-refractivity contribution in [2.45, 2.75) is 25.7 Å². The van der Waals surface area contributed by atoms with Gasteiger partial charge in [0, 0.05) is 24.2 Å². The van der Waals surface area contributed by atoms with Crippen LogP contribution in [0.15, 0.2) is 42.5 Å². The Morgan fingerprint density at radius 2 is 1.89 bits per heavy atom.